The number of carbonyl (C=O) groups excluding carboxylic acids is 1. The highest BCUT2D eigenvalue weighted by atomic mass is 19.4. The molecule has 0 aromatic carbocycles. The van der Waals surface area contributed by atoms with Gasteiger partial charge in [0.15, 0.2) is 0 Å². The smallest absolute Gasteiger partial charge is 0.392 e. The number of hydrogen-bond acceptors (Lipinski definition) is 5. The van der Waals surface area contributed by atoms with Crippen LogP contribution < -0.4 is 5.32 Å². The fraction of sp³-hybridized carbons (Fsp3) is 0.654. The lowest BCUT2D eigenvalue weighted by molar-refractivity contribution is -0.141. The molecule has 4 rings (SSSR count). The molecule has 2 amide bonds. The zero-order valence-corrected chi connectivity index (χ0v) is 20.8. The van der Waals surface area contributed by atoms with E-state index in [0.29, 0.717) is 63.8 Å². The highest BCUT2D eigenvalue weighted by Gasteiger charge is 2.34. The monoisotopic (exact) mass is 507 g/mol. The van der Waals surface area contributed by atoms with Crippen LogP contribution in [0.5, 0.6) is 0 Å². The van der Waals surface area contributed by atoms with Gasteiger partial charge < -0.3 is 20.2 Å². The van der Waals surface area contributed by atoms with E-state index in [-0.39, 0.29) is 11.9 Å². The first kappa shape index (κ1) is 26.6. The molecular formula is C26H36F3N5O2. The first-order valence-corrected chi connectivity index (χ1v) is 13.0. The summed E-state index contributed by atoms with van der Waals surface area (Å²) in [5.41, 5.74) is 1.87. The van der Waals surface area contributed by atoms with Gasteiger partial charge in [-0.15, -0.1) is 0 Å². The number of hydrogen-bond donors (Lipinski definition) is 2. The Morgan fingerprint density at radius 3 is 2.92 bits per heavy atom. The Hall–Kier alpha value is -2.46. The normalized spacial score (nSPS) is 23.6. The summed E-state index contributed by atoms with van der Waals surface area (Å²) in [5.74, 6) is -0.0851. The van der Waals surface area contributed by atoms with E-state index in [1.807, 2.05) is 4.90 Å². The van der Waals surface area contributed by atoms with Crippen LogP contribution >= 0.6 is 0 Å². The van der Waals surface area contributed by atoms with Crippen molar-refractivity contribution in [3.05, 3.63) is 41.2 Å². The van der Waals surface area contributed by atoms with E-state index < -0.39 is 18.0 Å². The number of nitrogens with zero attached hydrogens (tertiary/aromatic N) is 4. The lowest BCUT2D eigenvalue weighted by atomic mass is 9.95. The first-order valence-electron chi connectivity index (χ1n) is 13.0. The van der Waals surface area contributed by atoms with Gasteiger partial charge in [0, 0.05) is 56.5 Å². The summed E-state index contributed by atoms with van der Waals surface area (Å²) in [4.78, 5) is 25.1. The minimum atomic E-state index is -4.45. The third kappa shape index (κ3) is 6.85. The Labute approximate surface area is 210 Å². The first-order chi connectivity index (χ1) is 17.2. The molecule has 2 N–H and O–H groups in total. The molecule has 0 spiro atoms. The van der Waals surface area contributed by atoms with Crippen molar-refractivity contribution in [1.82, 2.24) is 20.1 Å². The molecule has 10 heteroatoms. The number of urea groups is 1. The zero-order valence-electron chi connectivity index (χ0n) is 20.8. The summed E-state index contributed by atoms with van der Waals surface area (Å²) >= 11 is 0. The number of aliphatic imine (C=N–C) groups is 1. The van der Waals surface area contributed by atoms with E-state index >= 15 is 0 Å². The summed E-state index contributed by atoms with van der Waals surface area (Å²) in [6.07, 6.45) is 2.19. The largest absolute Gasteiger partial charge is 0.433 e. The number of alkyl halides is 3. The van der Waals surface area contributed by atoms with Crippen molar-refractivity contribution in [1.29, 1.82) is 0 Å². The van der Waals surface area contributed by atoms with Crippen molar-refractivity contribution in [3.8, 4) is 0 Å². The number of aliphatic hydroxyl groups excluding tert-OH is 1. The van der Waals surface area contributed by atoms with E-state index in [0.717, 1.165) is 43.0 Å². The van der Waals surface area contributed by atoms with Crippen molar-refractivity contribution >= 4 is 11.7 Å². The quantitative estimate of drug-likeness (QED) is 0.558. The van der Waals surface area contributed by atoms with Crippen LogP contribution in [0.15, 0.2) is 34.8 Å². The summed E-state index contributed by atoms with van der Waals surface area (Å²) in [5, 5.41) is 13.4. The molecule has 0 aliphatic carbocycles. The predicted octanol–water partition coefficient (Wildman–Crippen LogP) is 4.00. The number of rotatable bonds is 8. The van der Waals surface area contributed by atoms with Crippen molar-refractivity contribution in [2.45, 2.75) is 69.7 Å². The minimum Gasteiger partial charge on any atom is -0.392 e. The van der Waals surface area contributed by atoms with E-state index in [2.05, 4.69) is 23.3 Å². The molecule has 2 fully saturated rings. The molecule has 4 heterocycles. The number of amides is 2. The molecule has 36 heavy (non-hydrogen) atoms. The highest BCUT2D eigenvalue weighted by Crippen LogP contribution is 2.31. The molecule has 2 saturated heterocycles. The summed E-state index contributed by atoms with van der Waals surface area (Å²) in [6.45, 7) is 5.42. The molecule has 1 aromatic heterocycles. The van der Waals surface area contributed by atoms with E-state index in [9.17, 15) is 23.1 Å². The van der Waals surface area contributed by atoms with E-state index in [1.54, 1.807) is 11.0 Å². The van der Waals surface area contributed by atoms with E-state index in [1.165, 1.54) is 6.07 Å². The van der Waals surface area contributed by atoms with Crippen LogP contribution in [0.3, 0.4) is 0 Å². The Bertz CT molecular complexity index is 981. The lowest BCUT2D eigenvalue weighted by Crippen LogP contribution is -2.47. The number of likely N-dealkylation sites (tertiary alicyclic amines) is 2. The maximum absolute atomic E-state index is 13.0. The van der Waals surface area contributed by atoms with Crippen LogP contribution in [-0.4, -0.2) is 83.0 Å². The van der Waals surface area contributed by atoms with Crippen LogP contribution in [0.4, 0.5) is 18.0 Å². The standard InChI is InChI=1S/C26H36F3N5O2/c1-2-4-20-8-7-18-16-34(14-11-23(18)31-20)25(36)30-12-9-21(35)17-33-13-10-19(15-33)22-5-3-6-24(32-22)26(27,28)29/h3,5-7,19-21,35H,2,4,8-17H2,1H3,(H,30,36)/t19?,20?,21-/m1/s1. The van der Waals surface area contributed by atoms with Gasteiger partial charge in [0.1, 0.15) is 5.69 Å². The number of dihydropyridines is 1. The summed E-state index contributed by atoms with van der Waals surface area (Å²) < 4.78 is 38.9. The molecule has 1 aromatic rings. The third-order valence-corrected chi connectivity index (χ3v) is 7.21. The van der Waals surface area contributed by atoms with Crippen molar-refractivity contribution in [2.75, 3.05) is 39.3 Å². The maximum atomic E-state index is 13.0. The number of halogens is 3. The summed E-state index contributed by atoms with van der Waals surface area (Å²) in [6, 6.07) is 4.27. The van der Waals surface area contributed by atoms with Gasteiger partial charge in [-0.05, 0) is 49.9 Å². The van der Waals surface area contributed by atoms with Crippen LogP contribution in [0.2, 0.25) is 0 Å². The molecule has 7 nitrogen and oxygen atoms in total. The highest BCUT2D eigenvalue weighted by molar-refractivity contribution is 6.02. The maximum Gasteiger partial charge on any atom is 0.433 e. The van der Waals surface area contributed by atoms with Gasteiger partial charge in [0.25, 0.3) is 0 Å². The molecular weight excluding hydrogens is 471 g/mol. The molecule has 0 radical (unpaired) electrons. The van der Waals surface area contributed by atoms with Gasteiger partial charge in [-0.3, -0.25) is 4.99 Å². The van der Waals surface area contributed by atoms with Gasteiger partial charge in [-0.25, -0.2) is 9.78 Å². The Morgan fingerprint density at radius 2 is 2.14 bits per heavy atom. The molecule has 0 bridgehead atoms. The fourth-order valence-electron chi connectivity index (χ4n) is 5.27. The number of fused-ring (bicyclic) bond motifs is 1. The van der Waals surface area contributed by atoms with Gasteiger partial charge in [-0.1, -0.05) is 25.5 Å². The number of carbonyl (C=O) groups is 1. The van der Waals surface area contributed by atoms with Gasteiger partial charge in [0.2, 0.25) is 0 Å². The van der Waals surface area contributed by atoms with Crippen molar-refractivity contribution in [2.24, 2.45) is 4.99 Å². The number of nitrogens with one attached hydrogen (secondary N) is 1. The number of aromatic nitrogens is 1. The number of β-amino-alcohol motifs (C(OH)–C–C–N with tert-alkyl or cyclic N) is 1. The van der Waals surface area contributed by atoms with Crippen molar-refractivity contribution < 1.29 is 23.1 Å². The third-order valence-electron chi connectivity index (χ3n) is 7.21. The van der Waals surface area contributed by atoms with Gasteiger partial charge in [-0.2, -0.15) is 13.2 Å². The zero-order chi connectivity index (χ0) is 25.7. The van der Waals surface area contributed by atoms with Crippen LogP contribution in [0.1, 0.15) is 62.8 Å². The Morgan fingerprint density at radius 1 is 1.31 bits per heavy atom. The predicted molar refractivity (Wildman–Crippen MR) is 132 cm³/mol. The van der Waals surface area contributed by atoms with Crippen LogP contribution in [0.25, 0.3) is 0 Å². The SMILES string of the molecule is CCCC1CC=C2CN(C(=O)NCC[C@@H](O)CN3CCC(c4cccc(C(F)(F)F)n4)C3)CCC2=N1. The number of piperidine rings is 1. The van der Waals surface area contributed by atoms with Crippen LogP contribution in [-0.2, 0) is 6.18 Å². The van der Waals surface area contributed by atoms with Crippen molar-refractivity contribution in [3.63, 3.8) is 0 Å². The number of pyridine rings is 1. The topological polar surface area (TPSA) is 81.1 Å². The average molecular weight is 508 g/mol. The average Bonchev–Trinajstić information content (AvgIpc) is 3.32. The molecule has 3 aliphatic heterocycles. The van der Waals surface area contributed by atoms with E-state index in [4.69, 9.17) is 4.99 Å². The molecule has 2 unspecified atom stereocenters. The Kier molecular flexibility index (Phi) is 8.66. The second-order valence-electron chi connectivity index (χ2n) is 10.0. The lowest BCUT2D eigenvalue weighted by Gasteiger charge is -2.33. The van der Waals surface area contributed by atoms with Crippen LogP contribution in [0, 0.1) is 0 Å². The van der Waals surface area contributed by atoms with Gasteiger partial charge in [0.05, 0.1) is 12.1 Å². The molecule has 3 aliphatic rings. The summed E-state index contributed by atoms with van der Waals surface area (Å²) in [7, 11) is 0. The second kappa shape index (κ2) is 11.7. The fourth-order valence-corrected chi connectivity index (χ4v) is 5.27. The minimum absolute atomic E-state index is 0.0851. The van der Waals surface area contributed by atoms with Gasteiger partial charge >= 0.3 is 12.2 Å². The second-order valence-corrected chi connectivity index (χ2v) is 10.0. The Balaban J connectivity index is 1.17. The number of aliphatic hydroxyl groups is 1. The molecule has 198 valence electrons. The molecule has 3 atom stereocenters. The molecule has 0 saturated carbocycles.